The number of likely N-dealkylation sites (tertiary alicyclic amines) is 1. The van der Waals surface area contributed by atoms with Crippen molar-refractivity contribution >= 4 is 17.9 Å². The molecule has 31 heavy (non-hydrogen) atoms. The molecule has 2 heterocycles. The zero-order chi connectivity index (χ0) is 22.8. The Labute approximate surface area is 183 Å². The van der Waals surface area contributed by atoms with Crippen molar-refractivity contribution in [2.45, 2.75) is 51.7 Å². The second-order valence-corrected chi connectivity index (χ2v) is 9.29. The minimum atomic E-state index is -0.569. The number of hydrogen-bond acceptors (Lipinski definition) is 4. The molecule has 1 aromatic rings. The number of piperidine rings is 1. The number of amides is 3. The third-order valence-corrected chi connectivity index (χ3v) is 5.85. The van der Waals surface area contributed by atoms with Crippen molar-refractivity contribution in [3.05, 3.63) is 35.6 Å². The second-order valence-electron chi connectivity index (χ2n) is 9.29. The lowest BCUT2D eigenvalue weighted by Gasteiger charge is -2.40. The second kappa shape index (κ2) is 9.24. The summed E-state index contributed by atoms with van der Waals surface area (Å²) in [6.07, 6.45) is 1.06. The van der Waals surface area contributed by atoms with Crippen molar-refractivity contribution in [2.24, 2.45) is 5.92 Å². The Morgan fingerprint density at radius 3 is 2.29 bits per heavy atom. The maximum atomic E-state index is 13.5. The molecule has 0 aliphatic carbocycles. The Morgan fingerprint density at radius 1 is 1.03 bits per heavy atom. The van der Waals surface area contributed by atoms with E-state index in [2.05, 4.69) is 0 Å². The third kappa shape index (κ3) is 5.54. The van der Waals surface area contributed by atoms with E-state index < -0.39 is 17.6 Å². The van der Waals surface area contributed by atoms with E-state index in [9.17, 15) is 18.8 Å². The number of hydrogen-bond donors (Lipinski definition) is 0. The highest BCUT2D eigenvalue weighted by atomic mass is 19.1. The molecule has 3 amide bonds. The van der Waals surface area contributed by atoms with Gasteiger partial charge in [0.05, 0.1) is 12.0 Å². The summed E-state index contributed by atoms with van der Waals surface area (Å²) < 4.78 is 18.9. The number of nitrogens with zero attached hydrogens (tertiary/aromatic N) is 3. The van der Waals surface area contributed by atoms with Gasteiger partial charge in [-0.3, -0.25) is 9.59 Å². The van der Waals surface area contributed by atoms with Gasteiger partial charge in [-0.1, -0.05) is 12.1 Å². The lowest BCUT2D eigenvalue weighted by Crippen LogP contribution is -2.48. The lowest BCUT2D eigenvalue weighted by atomic mass is 9.83. The average molecular weight is 434 g/mol. The molecule has 8 heteroatoms. The van der Waals surface area contributed by atoms with Crippen molar-refractivity contribution < 1.29 is 23.5 Å². The highest BCUT2D eigenvalue weighted by Crippen LogP contribution is 2.37. The minimum absolute atomic E-state index is 0.0228. The Bertz CT molecular complexity index is 821. The molecule has 0 bridgehead atoms. The van der Waals surface area contributed by atoms with E-state index in [1.807, 2.05) is 20.8 Å². The van der Waals surface area contributed by atoms with Crippen molar-refractivity contribution in [1.82, 2.24) is 14.7 Å². The SMILES string of the molecule is CN1C(=O)CCC(C(=O)N2CCCN(C(=O)OC(C)(C)C)CC2)C1c1ccc(F)cc1. The molecule has 0 radical (unpaired) electrons. The molecule has 2 aliphatic heterocycles. The molecular weight excluding hydrogens is 401 g/mol. The van der Waals surface area contributed by atoms with Gasteiger partial charge in [0.15, 0.2) is 0 Å². The van der Waals surface area contributed by atoms with Crippen molar-refractivity contribution in [2.75, 3.05) is 33.2 Å². The number of halogens is 1. The van der Waals surface area contributed by atoms with Gasteiger partial charge in [-0.15, -0.1) is 0 Å². The van der Waals surface area contributed by atoms with Crippen LogP contribution >= 0.6 is 0 Å². The fraction of sp³-hybridized carbons (Fsp3) is 0.609. The van der Waals surface area contributed by atoms with Gasteiger partial charge < -0.3 is 19.4 Å². The van der Waals surface area contributed by atoms with Crippen molar-refractivity contribution in [3.8, 4) is 0 Å². The molecule has 2 aliphatic rings. The smallest absolute Gasteiger partial charge is 0.410 e. The molecule has 7 nitrogen and oxygen atoms in total. The van der Waals surface area contributed by atoms with Crippen LogP contribution in [0.4, 0.5) is 9.18 Å². The number of carbonyl (C=O) groups excluding carboxylic acids is 3. The molecule has 170 valence electrons. The molecule has 1 aromatic carbocycles. The first-order valence-corrected chi connectivity index (χ1v) is 10.8. The summed E-state index contributed by atoms with van der Waals surface area (Å²) in [5.41, 5.74) is 0.182. The van der Waals surface area contributed by atoms with E-state index in [-0.39, 0.29) is 23.7 Å². The molecule has 0 N–H and O–H groups in total. The summed E-state index contributed by atoms with van der Waals surface area (Å²) in [5.74, 6) is -0.808. The van der Waals surface area contributed by atoms with Gasteiger partial charge in [-0.2, -0.15) is 0 Å². The van der Waals surface area contributed by atoms with Gasteiger partial charge >= 0.3 is 6.09 Å². The highest BCUT2D eigenvalue weighted by molar-refractivity contribution is 5.85. The monoisotopic (exact) mass is 433 g/mol. The Morgan fingerprint density at radius 2 is 1.65 bits per heavy atom. The van der Waals surface area contributed by atoms with Crippen LogP contribution < -0.4 is 0 Å². The van der Waals surface area contributed by atoms with E-state index in [0.717, 1.165) is 5.56 Å². The van der Waals surface area contributed by atoms with Crippen LogP contribution in [0.5, 0.6) is 0 Å². The van der Waals surface area contributed by atoms with Crippen LogP contribution in [-0.2, 0) is 14.3 Å². The molecular formula is C23H32FN3O4. The Kier molecular flexibility index (Phi) is 6.86. The lowest BCUT2D eigenvalue weighted by molar-refractivity contribution is -0.146. The zero-order valence-electron chi connectivity index (χ0n) is 18.8. The van der Waals surface area contributed by atoms with Gasteiger partial charge in [-0.05, 0) is 51.3 Å². The van der Waals surface area contributed by atoms with E-state index in [4.69, 9.17) is 4.74 Å². The quantitative estimate of drug-likeness (QED) is 0.718. The molecule has 3 rings (SSSR count). The summed E-state index contributed by atoms with van der Waals surface area (Å²) in [4.78, 5) is 43.3. The molecule has 0 spiro atoms. The van der Waals surface area contributed by atoms with E-state index in [1.165, 1.54) is 12.1 Å². The fourth-order valence-corrected chi connectivity index (χ4v) is 4.29. The van der Waals surface area contributed by atoms with Crippen molar-refractivity contribution in [1.29, 1.82) is 0 Å². The topological polar surface area (TPSA) is 70.2 Å². The maximum Gasteiger partial charge on any atom is 0.410 e. The largest absolute Gasteiger partial charge is 0.444 e. The zero-order valence-corrected chi connectivity index (χ0v) is 18.8. The van der Waals surface area contributed by atoms with Crippen LogP contribution in [-0.4, -0.2) is 71.4 Å². The Balaban J connectivity index is 1.73. The molecule has 2 saturated heterocycles. The predicted octanol–water partition coefficient (Wildman–Crippen LogP) is 3.20. The van der Waals surface area contributed by atoms with Crippen LogP contribution in [0.3, 0.4) is 0 Å². The predicted molar refractivity (Wildman–Crippen MR) is 114 cm³/mol. The number of benzene rings is 1. The summed E-state index contributed by atoms with van der Waals surface area (Å²) >= 11 is 0. The fourth-order valence-electron chi connectivity index (χ4n) is 4.29. The van der Waals surface area contributed by atoms with Crippen LogP contribution in [0, 0.1) is 11.7 Å². The van der Waals surface area contributed by atoms with Gasteiger partial charge in [-0.25, -0.2) is 9.18 Å². The van der Waals surface area contributed by atoms with Gasteiger partial charge in [0.25, 0.3) is 0 Å². The van der Waals surface area contributed by atoms with E-state index in [1.54, 1.807) is 33.9 Å². The normalized spacial score (nSPS) is 22.9. The van der Waals surface area contributed by atoms with Gasteiger partial charge in [0, 0.05) is 39.6 Å². The molecule has 0 saturated carbocycles. The highest BCUT2D eigenvalue weighted by Gasteiger charge is 2.41. The summed E-state index contributed by atoms with van der Waals surface area (Å²) in [6, 6.07) is 5.56. The first-order valence-electron chi connectivity index (χ1n) is 10.8. The van der Waals surface area contributed by atoms with Gasteiger partial charge in [0.2, 0.25) is 11.8 Å². The van der Waals surface area contributed by atoms with Crippen LogP contribution in [0.25, 0.3) is 0 Å². The van der Waals surface area contributed by atoms with Crippen LogP contribution in [0.1, 0.15) is 51.6 Å². The number of ether oxygens (including phenoxy) is 1. The molecule has 0 aromatic heterocycles. The average Bonchev–Trinajstić information content (AvgIpc) is 2.95. The first-order chi connectivity index (χ1) is 14.6. The van der Waals surface area contributed by atoms with E-state index in [0.29, 0.717) is 45.4 Å². The molecule has 2 fully saturated rings. The Hall–Kier alpha value is -2.64. The third-order valence-electron chi connectivity index (χ3n) is 5.85. The summed E-state index contributed by atoms with van der Waals surface area (Å²) in [5, 5.41) is 0. The van der Waals surface area contributed by atoms with Crippen LogP contribution in [0.15, 0.2) is 24.3 Å². The maximum absolute atomic E-state index is 13.5. The van der Waals surface area contributed by atoms with Crippen molar-refractivity contribution in [3.63, 3.8) is 0 Å². The number of rotatable bonds is 2. The standard InChI is InChI=1S/C23H32FN3O4/c1-23(2,3)31-22(30)27-13-5-12-26(14-15-27)21(29)18-10-11-19(28)25(4)20(18)16-6-8-17(24)9-7-16/h6-9,18,20H,5,10-15H2,1-4H3. The summed E-state index contributed by atoms with van der Waals surface area (Å²) in [7, 11) is 1.70. The molecule has 2 unspecified atom stereocenters. The van der Waals surface area contributed by atoms with Crippen LogP contribution in [0.2, 0.25) is 0 Å². The summed E-state index contributed by atoms with van der Waals surface area (Å²) in [6.45, 7) is 7.39. The number of carbonyl (C=O) groups is 3. The molecule has 2 atom stereocenters. The first kappa shape index (κ1) is 23.0. The van der Waals surface area contributed by atoms with E-state index >= 15 is 0 Å². The minimum Gasteiger partial charge on any atom is -0.444 e. The van der Waals surface area contributed by atoms with Gasteiger partial charge in [0.1, 0.15) is 11.4 Å².